The Kier molecular flexibility index (Phi) is 13.3. The highest BCUT2D eigenvalue weighted by Crippen LogP contribution is 1.98. The summed E-state index contributed by atoms with van der Waals surface area (Å²) in [7, 11) is 8.01. The van der Waals surface area contributed by atoms with Crippen LogP contribution in [0.15, 0.2) is 0 Å². The molecule has 0 saturated carbocycles. The number of likely N-dealkylation sites (N-methyl/N-ethyl adjacent to an activating group) is 1. The first-order valence-electron chi connectivity index (χ1n) is 8.59. The van der Waals surface area contributed by atoms with E-state index in [0.29, 0.717) is 38.9 Å². The van der Waals surface area contributed by atoms with E-state index in [1.807, 2.05) is 21.1 Å². The van der Waals surface area contributed by atoms with Gasteiger partial charge in [0.15, 0.2) is 0 Å². The van der Waals surface area contributed by atoms with E-state index in [1.54, 1.807) is 4.90 Å². The monoisotopic (exact) mass is 331 g/mol. The molecule has 0 fully saturated rings. The minimum absolute atomic E-state index is 0.144. The van der Waals surface area contributed by atoms with Crippen LogP contribution in [0.5, 0.6) is 0 Å². The van der Waals surface area contributed by atoms with Gasteiger partial charge in [0.05, 0.1) is 32.8 Å². The molecule has 0 radical (unpaired) electrons. The van der Waals surface area contributed by atoms with Crippen molar-refractivity contribution in [3.63, 3.8) is 0 Å². The second-order valence-electron chi connectivity index (χ2n) is 6.52. The fourth-order valence-electron chi connectivity index (χ4n) is 1.86. The molecule has 0 saturated heterocycles. The predicted molar refractivity (Wildman–Crippen MR) is 94.8 cm³/mol. The van der Waals surface area contributed by atoms with Gasteiger partial charge in [-0.1, -0.05) is 0 Å². The highest BCUT2D eigenvalue weighted by Gasteiger charge is 2.09. The Bertz CT molecular complexity index is 299. The van der Waals surface area contributed by atoms with Crippen molar-refractivity contribution in [2.24, 2.45) is 0 Å². The molecule has 0 unspecified atom stereocenters. The van der Waals surface area contributed by atoms with E-state index in [0.717, 1.165) is 26.1 Å². The van der Waals surface area contributed by atoms with E-state index in [9.17, 15) is 4.79 Å². The van der Waals surface area contributed by atoms with E-state index < -0.39 is 0 Å². The first-order valence-corrected chi connectivity index (χ1v) is 8.59. The molecule has 1 amide bonds. The van der Waals surface area contributed by atoms with Crippen LogP contribution in [0, 0.1) is 0 Å². The fourth-order valence-corrected chi connectivity index (χ4v) is 1.86. The lowest BCUT2D eigenvalue weighted by Gasteiger charge is -2.23. The summed E-state index contributed by atoms with van der Waals surface area (Å²) in [5.74, 6) is 0.144. The second kappa shape index (κ2) is 13.7. The topological polar surface area (TPSA) is 45.3 Å². The van der Waals surface area contributed by atoms with Crippen LogP contribution in [0.4, 0.5) is 0 Å². The molecule has 0 rings (SSSR count). The zero-order chi connectivity index (χ0) is 17.7. The average Bonchev–Trinajstić information content (AvgIpc) is 2.48. The van der Waals surface area contributed by atoms with Gasteiger partial charge in [-0.3, -0.25) is 4.79 Å². The molecule has 0 aliphatic carbocycles. The van der Waals surface area contributed by atoms with Gasteiger partial charge in [-0.15, -0.1) is 0 Å². The van der Waals surface area contributed by atoms with Crippen molar-refractivity contribution in [2.75, 3.05) is 74.3 Å². The summed E-state index contributed by atoms with van der Waals surface area (Å²) in [5, 5.41) is 0. The maximum absolute atomic E-state index is 12.0. The summed E-state index contributed by atoms with van der Waals surface area (Å²) in [4.78, 5) is 18.1. The van der Waals surface area contributed by atoms with Gasteiger partial charge in [0.1, 0.15) is 0 Å². The van der Waals surface area contributed by atoms with Crippen molar-refractivity contribution in [3.8, 4) is 0 Å². The molecule has 0 N–H and O–H groups in total. The number of nitrogens with zero attached hydrogens (tertiary/aromatic N) is 3. The molecule has 0 aromatic heterocycles. The number of hydrogen-bond acceptors (Lipinski definition) is 5. The zero-order valence-corrected chi connectivity index (χ0v) is 16.0. The summed E-state index contributed by atoms with van der Waals surface area (Å²) in [6.07, 6.45) is 1.44. The molecule has 0 spiro atoms. The zero-order valence-electron chi connectivity index (χ0n) is 16.0. The molecule has 6 heteroatoms. The molecule has 0 bridgehead atoms. The number of ether oxygens (including phenoxy) is 2. The van der Waals surface area contributed by atoms with Gasteiger partial charge in [-0.05, 0) is 48.0 Å². The van der Waals surface area contributed by atoms with Crippen LogP contribution in [0.2, 0.25) is 0 Å². The molecule has 23 heavy (non-hydrogen) atoms. The van der Waals surface area contributed by atoms with Crippen LogP contribution in [0.1, 0.15) is 26.7 Å². The molecule has 0 heterocycles. The van der Waals surface area contributed by atoms with Crippen molar-refractivity contribution in [1.29, 1.82) is 0 Å². The largest absolute Gasteiger partial charge is 0.379 e. The van der Waals surface area contributed by atoms with Crippen LogP contribution in [-0.2, 0) is 14.3 Å². The number of carbonyl (C=O) groups is 1. The molecule has 0 aliphatic rings. The van der Waals surface area contributed by atoms with Gasteiger partial charge in [0.2, 0.25) is 5.91 Å². The number of rotatable bonds is 14. The summed E-state index contributed by atoms with van der Waals surface area (Å²) >= 11 is 0. The normalized spacial score (nSPS) is 11.7. The van der Waals surface area contributed by atoms with Crippen LogP contribution < -0.4 is 0 Å². The van der Waals surface area contributed by atoms with E-state index in [4.69, 9.17) is 9.47 Å². The summed E-state index contributed by atoms with van der Waals surface area (Å²) in [6, 6.07) is 0.546. The molecular formula is C17H37N3O3. The van der Waals surface area contributed by atoms with Crippen LogP contribution >= 0.6 is 0 Å². The highest BCUT2D eigenvalue weighted by molar-refractivity contribution is 5.75. The summed E-state index contributed by atoms with van der Waals surface area (Å²) in [5.41, 5.74) is 0. The molecule has 0 aliphatic heterocycles. The molecule has 138 valence electrons. The number of carbonyl (C=O) groups excluding carboxylic acids is 1. The maximum atomic E-state index is 12.0. The Balaban J connectivity index is 3.51. The van der Waals surface area contributed by atoms with Gasteiger partial charge in [-0.2, -0.15) is 0 Å². The Morgan fingerprint density at radius 1 is 0.870 bits per heavy atom. The first kappa shape index (κ1) is 22.3. The first-order chi connectivity index (χ1) is 10.8. The van der Waals surface area contributed by atoms with Crippen LogP contribution in [0.25, 0.3) is 0 Å². The van der Waals surface area contributed by atoms with Gasteiger partial charge in [0, 0.05) is 26.2 Å². The highest BCUT2D eigenvalue weighted by atomic mass is 16.5. The van der Waals surface area contributed by atoms with Crippen molar-refractivity contribution in [3.05, 3.63) is 0 Å². The Morgan fingerprint density at radius 3 is 2.04 bits per heavy atom. The van der Waals surface area contributed by atoms with E-state index in [2.05, 4.69) is 30.7 Å². The third-order valence-electron chi connectivity index (χ3n) is 3.83. The van der Waals surface area contributed by atoms with Crippen molar-refractivity contribution in [2.45, 2.75) is 32.7 Å². The van der Waals surface area contributed by atoms with Crippen LogP contribution in [-0.4, -0.2) is 101 Å². The summed E-state index contributed by atoms with van der Waals surface area (Å²) < 4.78 is 10.9. The molecule has 0 aromatic carbocycles. The standard InChI is InChI=1S/C17H37N3O3/c1-16(2)19(5)9-7-10-20(6)17(21)8-12-22-14-15-23-13-11-18(3)4/h16H,7-15H2,1-6H3. The van der Waals surface area contributed by atoms with Gasteiger partial charge < -0.3 is 24.2 Å². The summed E-state index contributed by atoms with van der Waals surface area (Å²) in [6.45, 7) is 9.37. The number of hydrogen-bond donors (Lipinski definition) is 0. The maximum Gasteiger partial charge on any atom is 0.224 e. The molecule has 0 atom stereocenters. The molecule has 0 aromatic rings. The lowest BCUT2D eigenvalue weighted by Crippen LogP contribution is -2.33. The predicted octanol–water partition coefficient (Wildman–Crippen LogP) is 1.16. The van der Waals surface area contributed by atoms with Gasteiger partial charge in [-0.25, -0.2) is 0 Å². The third kappa shape index (κ3) is 13.4. The lowest BCUT2D eigenvalue weighted by atomic mass is 10.3. The second-order valence-corrected chi connectivity index (χ2v) is 6.52. The molecule has 6 nitrogen and oxygen atoms in total. The Morgan fingerprint density at radius 2 is 1.48 bits per heavy atom. The van der Waals surface area contributed by atoms with E-state index in [-0.39, 0.29) is 5.91 Å². The van der Waals surface area contributed by atoms with Gasteiger partial charge in [0.25, 0.3) is 0 Å². The third-order valence-corrected chi connectivity index (χ3v) is 3.83. The minimum atomic E-state index is 0.144. The average molecular weight is 332 g/mol. The quantitative estimate of drug-likeness (QED) is 0.447. The smallest absolute Gasteiger partial charge is 0.224 e. The Labute approximate surface area is 142 Å². The minimum Gasteiger partial charge on any atom is -0.379 e. The van der Waals surface area contributed by atoms with E-state index in [1.165, 1.54) is 0 Å². The van der Waals surface area contributed by atoms with Crippen molar-refractivity contribution in [1.82, 2.24) is 14.7 Å². The Hall–Kier alpha value is -0.690. The lowest BCUT2D eigenvalue weighted by molar-refractivity contribution is -0.131. The SMILES string of the molecule is CC(C)N(C)CCCN(C)C(=O)CCOCCOCCN(C)C. The molecular weight excluding hydrogens is 294 g/mol. The fraction of sp³-hybridized carbons (Fsp3) is 0.941. The van der Waals surface area contributed by atoms with E-state index >= 15 is 0 Å². The van der Waals surface area contributed by atoms with Gasteiger partial charge >= 0.3 is 0 Å². The number of amides is 1. The van der Waals surface area contributed by atoms with Crippen molar-refractivity contribution < 1.29 is 14.3 Å². The van der Waals surface area contributed by atoms with Crippen LogP contribution in [0.3, 0.4) is 0 Å². The van der Waals surface area contributed by atoms with Crippen molar-refractivity contribution >= 4 is 5.91 Å².